The third-order valence-electron chi connectivity index (χ3n) is 6.48. The molecule has 6 heteroatoms. The zero-order chi connectivity index (χ0) is 20.8. The summed E-state index contributed by atoms with van der Waals surface area (Å²) in [5, 5.41) is 2.76. The molecule has 1 aliphatic heterocycles. The summed E-state index contributed by atoms with van der Waals surface area (Å²) < 4.78 is 5.19. The number of carbonyl (C=O) groups is 3. The Morgan fingerprint density at radius 2 is 1.93 bits per heavy atom. The van der Waals surface area contributed by atoms with Crippen molar-refractivity contribution < 1.29 is 19.1 Å². The smallest absolute Gasteiger partial charge is 0.311 e. The number of benzene rings is 1. The molecular formula is C23H32N2O4. The highest BCUT2D eigenvalue weighted by atomic mass is 16.5. The Morgan fingerprint density at radius 3 is 2.69 bits per heavy atom. The highest BCUT2D eigenvalue weighted by molar-refractivity contribution is 5.88. The normalized spacial score (nSPS) is 27.0. The van der Waals surface area contributed by atoms with Gasteiger partial charge in [0.25, 0.3) is 5.91 Å². The molecule has 0 unspecified atom stereocenters. The van der Waals surface area contributed by atoms with Crippen LogP contribution >= 0.6 is 0 Å². The number of esters is 1. The van der Waals surface area contributed by atoms with Gasteiger partial charge < -0.3 is 15.0 Å². The van der Waals surface area contributed by atoms with Gasteiger partial charge in [-0.3, -0.25) is 14.4 Å². The average molecular weight is 401 g/mol. The maximum absolute atomic E-state index is 12.5. The molecule has 1 aliphatic carbocycles. The van der Waals surface area contributed by atoms with Crippen LogP contribution in [0.4, 0.5) is 0 Å². The first-order valence-electron chi connectivity index (χ1n) is 10.7. The number of nitrogens with one attached hydrogen (secondary N) is 1. The summed E-state index contributed by atoms with van der Waals surface area (Å²) in [6, 6.07) is 10.1. The first-order valence-corrected chi connectivity index (χ1v) is 10.7. The molecular weight excluding hydrogens is 368 g/mol. The Bertz CT molecular complexity index is 721. The number of hydrogen-bond acceptors (Lipinski definition) is 4. The molecule has 0 spiro atoms. The molecule has 1 saturated heterocycles. The van der Waals surface area contributed by atoms with E-state index in [1.54, 1.807) is 0 Å². The summed E-state index contributed by atoms with van der Waals surface area (Å²) in [6.07, 6.45) is 4.24. The maximum Gasteiger partial charge on any atom is 0.311 e. The summed E-state index contributed by atoms with van der Waals surface area (Å²) in [5.41, 5.74) is 1.14. The van der Waals surface area contributed by atoms with Crippen molar-refractivity contribution in [3.05, 3.63) is 35.9 Å². The molecule has 6 nitrogen and oxygen atoms in total. The summed E-state index contributed by atoms with van der Waals surface area (Å²) >= 11 is 0. The quantitative estimate of drug-likeness (QED) is 0.714. The molecule has 158 valence electrons. The Balaban J connectivity index is 1.40. The molecule has 0 radical (unpaired) electrons. The van der Waals surface area contributed by atoms with E-state index in [4.69, 9.17) is 4.74 Å². The van der Waals surface area contributed by atoms with E-state index in [2.05, 4.69) is 19.2 Å². The van der Waals surface area contributed by atoms with Gasteiger partial charge in [-0.25, -0.2) is 0 Å². The van der Waals surface area contributed by atoms with Crippen molar-refractivity contribution in [3.8, 4) is 0 Å². The molecule has 1 heterocycles. The Hall–Kier alpha value is -2.37. The first kappa shape index (κ1) is 21.3. The third kappa shape index (κ3) is 5.58. The monoisotopic (exact) mass is 400 g/mol. The van der Waals surface area contributed by atoms with Crippen LogP contribution in [-0.4, -0.2) is 48.4 Å². The second-order valence-corrected chi connectivity index (χ2v) is 8.48. The zero-order valence-corrected chi connectivity index (χ0v) is 17.4. The van der Waals surface area contributed by atoms with E-state index in [-0.39, 0.29) is 30.9 Å². The molecule has 0 bridgehead atoms. The maximum atomic E-state index is 12.5. The van der Waals surface area contributed by atoms with Crippen molar-refractivity contribution in [2.45, 2.75) is 52.0 Å². The van der Waals surface area contributed by atoms with Gasteiger partial charge in [-0.1, -0.05) is 57.0 Å². The van der Waals surface area contributed by atoms with E-state index in [0.29, 0.717) is 24.9 Å². The van der Waals surface area contributed by atoms with Crippen LogP contribution in [0.2, 0.25) is 0 Å². The van der Waals surface area contributed by atoms with Crippen LogP contribution in [0.3, 0.4) is 0 Å². The molecule has 2 amide bonds. The highest BCUT2D eigenvalue weighted by Crippen LogP contribution is 2.35. The van der Waals surface area contributed by atoms with E-state index < -0.39 is 11.9 Å². The van der Waals surface area contributed by atoms with Gasteiger partial charge in [0.2, 0.25) is 5.91 Å². The van der Waals surface area contributed by atoms with Crippen molar-refractivity contribution in [3.63, 3.8) is 0 Å². The minimum atomic E-state index is -0.468. The second-order valence-electron chi connectivity index (χ2n) is 8.48. The molecule has 2 fully saturated rings. The number of amides is 2. The molecule has 1 N–H and O–H groups in total. The van der Waals surface area contributed by atoms with E-state index in [0.717, 1.165) is 24.8 Å². The predicted molar refractivity (Wildman–Crippen MR) is 110 cm³/mol. The molecule has 0 aromatic heterocycles. The summed E-state index contributed by atoms with van der Waals surface area (Å²) in [6.45, 7) is 5.05. The topological polar surface area (TPSA) is 75.7 Å². The number of carbonyl (C=O) groups excluding carboxylic acids is 3. The van der Waals surface area contributed by atoms with E-state index >= 15 is 0 Å². The lowest BCUT2D eigenvalue weighted by Gasteiger charge is -2.39. The number of hydrogen-bond donors (Lipinski definition) is 1. The van der Waals surface area contributed by atoms with Crippen LogP contribution in [0.5, 0.6) is 0 Å². The van der Waals surface area contributed by atoms with Gasteiger partial charge in [0, 0.05) is 25.6 Å². The molecule has 1 aromatic rings. The molecule has 29 heavy (non-hydrogen) atoms. The van der Waals surface area contributed by atoms with Gasteiger partial charge in [-0.2, -0.15) is 0 Å². The minimum absolute atomic E-state index is 0.0326. The SMILES string of the molecule is C[C@@H]1[C@H](C)CCC[C@H]1N1C[C@H](C(=O)OCC(=O)NCCc2ccccc2)CC1=O. The number of ether oxygens (including phenoxy) is 1. The van der Waals surface area contributed by atoms with Crippen molar-refractivity contribution >= 4 is 17.8 Å². The molecule has 1 saturated carbocycles. The number of rotatable bonds is 7. The molecule has 3 rings (SSSR count). The predicted octanol–water partition coefficient (Wildman–Crippen LogP) is 2.56. The molecule has 1 aromatic carbocycles. The average Bonchev–Trinajstić information content (AvgIpc) is 3.10. The summed E-state index contributed by atoms with van der Waals surface area (Å²) in [5.74, 6) is -0.167. The van der Waals surface area contributed by atoms with Crippen molar-refractivity contribution in [1.29, 1.82) is 0 Å². The lowest BCUT2D eigenvalue weighted by molar-refractivity contribution is -0.152. The number of likely N-dealkylation sites (tertiary alicyclic amines) is 1. The standard InChI is InChI=1S/C23H32N2O4/c1-16-7-6-10-20(17(16)2)25-14-19(13-22(25)27)23(28)29-15-21(26)24-12-11-18-8-4-3-5-9-18/h3-5,8-9,16-17,19-20H,6-7,10-15H2,1-2H3,(H,24,26)/t16-,17-,19-,20-/m1/s1. The van der Waals surface area contributed by atoms with Gasteiger partial charge in [0.15, 0.2) is 6.61 Å². The van der Waals surface area contributed by atoms with Gasteiger partial charge in [-0.05, 0) is 30.2 Å². The van der Waals surface area contributed by atoms with Gasteiger partial charge in [0.1, 0.15) is 0 Å². The van der Waals surface area contributed by atoms with Crippen LogP contribution in [0.15, 0.2) is 30.3 Å². The first-order chi connectivity index (χ1) is 14.0. The Morgan fingerprint density at radius 1 is 1.17 bits per heavy atom. The van der Waals surface area contributed by atoms with Crippen LogP contribution in [-0.2, 0) is 25.5 Å². The van der Waals surface area contributed by atoms with Crippen molar-refractivity contribution in [2.24, 2.45) is 17.8 Å². The van der Waals surface area contributed by atoms with Gasteiger partial charge in [-0.15, -0.1) is 0 Å². The fourth-order valence-electron chi connectivity index (χ4n) is 4.50. The minimum Gasteiger partial charge on any atom is -0.455 e. The fourth-order valence-corrected chi connectivity index (χ4v) is 4.50. The van der Waals surface area contributed by atoms with Crippen LogP contribution < -0.4 is 5.32 Å². The van der Waals surface area contributed by atoms with Crippen molar-refractivity contribution in [2.75, 3.05) is 19.7 Å². The van der Waals surface area contributed by atoms with E-state index in [1.807, 2.05) is 35.2 Å². The summed E-state index contributed by atoms with van der Waals surface area (Å²) in [4.78, 5) is 38.7. The van der Waals surface area contributed by atoms with Crippen LogP contribution in [0, 0.1) is 17.8 Å². The van der Waals surface area contributed by atoms with Gasteiger partial charge in [0.05, 0.1) is 5.92 Å². The molecule has 2 aliphatic rings. The highest BCUT2D eigenvalue weighted by Gasteiger charge is 2.42. The Labute approximate surface area is 173 Å². The lowest BCUT2D eigenvalue weighted by atomic mass is 9.77. The van der Waals surface area contributed by atoms with E-state index in [1.165, 1.54) is 6.42 Å². The van der Waals surface area contributed by atoms with E-state index in [9.17, 15) is 14.4 Å². The third-order valence-corrected chi connectivity index (χ3v) is 6.48. The van der Waals surface area contributed by atoms with Gasteiger partial charge >= 0.3 is 5.97 Å². The zero-order valence-electron chi connectivity index (χ0n) is 17.4. The largest absolute Gasteiger partial charge is 0.455 e. The molecule has 4 atom stereocenters. The van der Waals surface area contributed by atoms with Crippen LogP contribution in [0.1, 0.15) is 45.1 Å². The van der Waals surface area contributed by atoms with Crippen molar-refractivity contribution in [1.82, 2.24) is 10.2 Å². The lowest BCUT2D eigenvalue weighted by Crippen LogP contribution is -2.45. The summed E-state index contributed by atoms with van der Waals surface area (Å²) in [7, 11) is 0. The van der Waals surface area contributed by atoms with Crippen LogP contribution in [0.25, 0.3) is 0 Å². The second kappa shape index (κ2) is 9.90. The fraction of sp³-hybridized carbons (Fsp3) is 0.609. The Kier molecular flexibility index (Phi) is 7.29. The number of nitrogens with zero attached hydrogens (tertiary/aromatic N) is 1.